The Morgan fingerprint density at radius 2 is 0.778 bits per heavy atom. The highest BCUT2D eigenvalue weighted by Crippen LogP contribution is 2.45. The van der Waals surface area contributed by atoms with Gasteiger partial charge in [0.15, 0.2) is 5.82 Å². The maximum absolute atomic E-state index is 5.15. The Morgan fingerprint density at radius 1 is 0.333 bits per heavy atom. The van der Waals surface area contributed by atoms with Crippen molar-refractivity contribution < 1.29 is 0 Å². The van der Waals surface area contributed by atoms with Gasteiger partial charge in [-0.2, -0.15) is 0 Å². The van der Waals surface area contributed by atoms with Crippen LogP contribution in [0, 0.1) is 6.92 Å². The van der Waals surface area contributed by atoms with E-state index in [4.69, 9.17) is 9.97 Å². The lowest BCUT2D eigenvalue weighted by molar-refractivity contribution is 1.18. The van der Waals surface area contributed by atoms with Crippen LogP contribution in [0.5, 0.6) is 0 Å². The molecule has 0 N–H and O–H groups in total. The summed E-state index contributed by atoms with van der Waals surface area (Å²) < 4.78 is 0. The lowest BCUT2D eigenvalue weighted by Crippen LogP contribution is -1.96. The predicted octanol–water partition coefficient (Wildman–Crippen LogP) is 11.4. The number of aromatic nitrogens is 2. The molecule has 0 spiro atoms. The molecule has 0 saturated heterocycles. The number of hydrogen-bond donors (Lipinski definition) is 0. The van der Waals surface area contributed by atoms with E-state index in [1.54, 1.807) is 0 Å². The summed E-state index contributed by atoms with van der Waals surface area (Å²) in [7, 11) is 0. The largest absolute Gasteiger partial charge is 0.228 e. The standard InChI is InChI=1S/C43H30N2/c1-29-22-24-35-37(26-29)41(31-16-8-3-9-17-31)36-25-23-34(27-38(36)42(35)32-18-10-4-11-19-32)40-28-39(30-14-6-2-7-15-30)44-43(45-40)33-20-12-5-13-21-33/h2-28H,1H3. The minimum absolute atomic E-state index is 0.717. The Kier molecular flexibility index (Phi) is 6.73. The molecule has 0 bridgehead atoms. The molecule has 0 saturated carbocycles. The molecular formula is C43H30N2. The molecule has 0 unspecified atom stereocenters. The summed E-state index contributed by atoms with van der Waals surface area (Å²) in [6, 6.07) is 57.9. The van der Waals surface area contributed by atoms with Gasteiger partial charge >= 0.3 is 0 Å². The van der Waals surface area contributed by atoms with Gasteiger partial charge in [0.25, 0.3) is 0 Å². The number of nitrogens with zero attached hydrogens (tertiary/aromatic N) is 2. The van der Waals surface area contributed by atoms with Gasteiger partial charge in [-0.05, 0) is 62.9 Å². The van der Waals surface area contributed by atoms with E-state index in [0.29, 0.717) is 5.82 Å². The van der Waals surface area contributed by atoms with Crippen LogP contribution < -0.4 is 0 Å². The Morgan fingerprint density at radius 3 is 1.33 bits per heavy atom. The molecular weight excluding hydrogens is 544 g/mol. The van der Waals surface area contributed by atoms with Crippen LogP contribution in [0.1, 0.15) is 5.56 Å². The third kappa shape index (κ3) is 4.97. The van der Waals surface area contributed by atoms with Crippen molar-refractivity contribution in [1.29, 1.82) is 0 Å². The summed E-state index contributed by atoms with van der Waals surface area (Å²) in [5, 5.41) is 4.94. The van der Waals surface area contributed by atoms with Crippen molar-refractivity contribution in [1.82, 2.24) is 9.97 Å². The van der Waals surface area contributed by atoms with Crippen molar-refractivity contribution in [3.63, 3.8) is 0 Å². The molecule has 0 aliphatic rings. The number of hydrogen-bond acceptors (Lipinski definition) is 2. The molecule has 0 aliphatic carbocycles. The molecule has 2 heteroatoms. The van der Waals surface area contributed by atoms with Gasteiger partial charge in [-0.1, -0.05) is 157 Å². The van der Waals surface area contributed by atoms with E-state index in [1.165, 1.54) is 49.4 Å². The zero-order valence-electron chi connectivity index (χ0n) is 25.0. The summed E-state index contributed by atoms with van der Waals surface area (Å²) in [6.07, 6.45) is 0. The highest BCUT2D eigenvalue weighted by atomic mass is 14.9. The molecule has 45 heavy (non-hydrogen) atoms. The summed E-state index contributed by atoms with van der Waals surface area (Å²) in [6.45, 7) is 2.17. The maximum Gasteiger partial charge on any atom is 0.160 e. The third-order valence-corrected chi connectivity index (χ3v) is 8.52. The summed E-state index contributed by atoms with van der Waals surface area (Å²) in [5.41, 5.74) is 11.1. The van der Waals surface area contributed by atoms with E-state index in [-0.39, 0.29) is 0 Å². The number of benzene rings is 7. The van der Waals surface area contributed by atoms with Crippen molar-refractivity contribution >= 4 is 21.5 Å². The number of fused-ring (bicyclic) bond motifs is 2. The molecule has 0 atom stereocenters. The smallest absolute Gasteiger partial charge is 0.160 e. The second kappa shape index (κ2) is 11.3. The summed E-state index contributed by atoms with van der Waals surface area (Å²) in [4.78, 5) is 10.2. The van der Waals surface area contributed by atoms with Crippen LogP contribution in [0.25, 0.3) is 77.7 Å². The molecule has 1 heterocycles. The van der Waals surface area contributed by atoms with Gasteiger partial charge in [0.1, 0.15) is 0 Å². The lowest BCUT2D eigenvalue weighted by Gasteiger charge is -2.19. The Labute approximate surface area is 263 Å². The molecule has 0 amide bonds. The first-order chi connectivity index (χ1) is 22.2. The lowest BCUT2D eigenvalue weighted by atomic mass is 9.84. The minimum atomic E-state index is 0.717. The van der Waals surface area contributed by atoms with E-state index in [0.717, 1.165) is 28.1 Å². The van der Waals surface area contributed by atoms with E-state index in [2.05, 4.69) is 146 Å². The van der Waals surface area contributed by atoms with Crippen molar-refractivity contribution in [2.24, 2.45) is 0 Å². The average molecular weight is 575 g/mol. The topological polar surface area (TPSA) is 25.8 Å². The van der Waals surface area contributed by atoms with Crippen LogP contribution in [0.4, 0.5) is 0 Å². The molecule has 0 radical (unpaired) electrons. The summed E-state index contributed by atoms with van der Waals surface area (Å²) >= 11 is 0. The second-order valence-electron chi connectivity index (χ2n) is 11.5. The predicted molar refractivity (Wildman–Crippen MR) is 189 cm³/mol. The fourth-order valence-electron chi connectivity index (χ4n) is 6.40. The first kappa shape index (κ1) is 26.7. The van der Waals surface area contributed by atoms with Crippen molar-refractivity contribution in [3.05, 3.63) is 169 Å². The molecule has 212 valence electrons. The molecule has 1 aromatic heterocycles. The first-order valence-corrected chi connectivity index (χ1v) is 15.3. The zero-order valence-corrected chi connectivity index (χ0v) is 25.0. The van der Waals surface area contributed by atoms with Crippen molar-refractivity contribution in [3.8, 4) is 56.2 Å². The zero-order chi connectivity index (χ0) is 30.2. The van der Waals surface area contributed by atoms with Gasteiger partial charge in [-0.3, -0.25) is 0 Å². The van der Waals surface area contributed by atoms with Crippen LogP contribution in [0.3, 0.4) is 0 Å². The van der Waals surface area contributed by atoms with Crippen molar-refractivity contribution in [2.45, 2.75) is 6.92 Å². The quantitative estimate of drug-likeness (QED) is 0.191. The molecule has 8 rings (SSSR count). The Bertz CT molecular complexity index is 2240. The Balaban J connectivity index is 1.45. The van der Waals surface area contributed by atoms with Crippen LogP contribution in [0.15, 0.2) is 164 Å². The van der Waals surface area contributed by atoms with Crippen LogP contribution in [-0.2, 0) is 0 Å². The Hall–Kier alpha value is -5.86. The fourth-order valence-corrected chi connectivity index (χ4v) is 6.40. The number of rotatable bonds is 5. The number of aryl methyl sites for hydroxylation is 1. The highest BCUT2D eigenvalue weighted by Gasteiger charge is 2.19. The van der Waals surface area contributed by atoms with Crippen LogP contribution in [0.2, 0.25) is 0 Å². The highest BCUT2D eigenvalue weighted by molar-refractivity contribution is 6.22. The normalized spacial score (nSPS) is 11.2. The molecule has 0 aliphatic heterocycles. The maximum atomic E-state index is 5.15. The monoisotopic (exact) mass is 574 g/mol. The first-order valence-electron chi connectivity index (χ1n) is 15.3. The minimum Gasteiger partial charge on any atom is -0.228 e. The molecule has 0 fully saturated rings. The SMILES string of the molecule is Cc1ccc2c(-c3ccccc3)c3cc(-c4cc(-c5ccccc5)nc(-c5ccccc5)n4)ccc3c(-c3ccccc3)c2c1. The van der Waals surface area contributed by atoms with E-state index in [9.17, 15) is 0 Å². The van der Waals surface area contributed by atoms with Gasteiger partial charge in [0, 0.05) is 16.7 Å². The summed E-state index contributed by atoms with van der Waals surface area (Å²) in [5.74, 6) is 0.717. The van der Waals surface area contributed by atoms with Crippen LogP contribution in [-0.4, -0.2) is 9.97 Å². The van der Waals surface area contributed by atoms with Gasteiger partial charge in [0.2, 0.25) is 0 Å². The molecule has 7 aromatic carbocycles. The molecule has 2 nitrogen and oxygen atoms in total. The molecule has 8 aromatic rings. The third-order valence-electron chi connectivity index (χ3n) is 8.52. The average Bonchev–Trinajstić information content (AvgIpc) is 3.11. The van der Waals surface area contributed by atoms with E-state index >= 15 is 0 Å². The van der Waals surface area contributed by atoms with Gasteiger partial charge in [-0.25, -0.2) is 9.97 Å². The van der Waals surface area contributed by atoms with Crippen molar-refractivity contribution in [2.75, 3.05) is 0 Å². The van der Waals surface area contributed by atoms with E-state index < -0.39 is 0 Å². The van der Waals surface area contributed by atoms with Gasteiger partial charge in [0.05, 0.1) is 11.4 Å². The fraction of sp³-hybridized carbons (Fsp3) is 0.0233. The van der Waals surface area contributed by atoms with Crippen LogP contribution >= 0.6 is 0 Å². The van der Waals surface area contributed by atoms with E-state index in [1.807, 2.05) is 24.3 Å². The van der Waals surface area contributed by atoms with Gasteiger partial charge < -0.3 is 0 Å². The van der Waals surface area contributed by atoms with Gasteiger partial charge in [-0.15, -0.1) is 0 Å². The second-order valence-corrected chi connectivity index (χ2v) is 11.5.